The fourth-order valence-corrected chi connectivity index (χ4v) is 3.08. The van der Waals surface area contributed by atoms with Crippen LogP contribution in [0.2, 0.25) is 0 Å². The van der Waals surface area contributed by atoms with Crippen LogP contribution in [0.25, 0.3) is 0 Å². The van der Waals surface area contributed by atoms with Crippen LogP contribution in [0.1, 0.15) is 27.0 Å². The molecule has 5 nitrogen and oxygen atoms in total. The largest absolute Gasteiger partial charge is 0.386 e. The summed E-state index contributed by atoms with van der Waals surface area (Å²) in [5.41, 5.74) is 1.26. The molecule has 1 N–H and O–H groups in total. The topological polar surface area (TPSA) is 66.3 Å². The molecule has 1 aromatic carbocycles. The zero-order valence-electron chi connectivity index (χ0n) is 12.9. The van der Waals surface area contributed by atoms with Gasteiger partial charge < -0.3 is 10.0 Å². The molecule has 0 bridgehead atoms. The summed E-state index contributed by atoms with van der Waals surface area (Å²) in [5.74, 6) is -0.248. The number of aliphatic hydroxyl groups excluding tert-OH is 1. The number of thiophene rings is 1. The van der Waals surface area contributed by atoms with Crippen LogP contribution in [0.4, 0.5) is 0 Å². The molecule has 0 radical (unpaired) electrons. The Morgan fingerprint density at radius 1 is 1.17 bits per heavy atom. The molecule has 6 heteroatoms. The molecule has 1 atom stereocenters. The van der Waals surface area contributed by atoms with Gasteiger partial charge >= 0.3 is 0 Å². The second kappa shape index (κ2) is 7.81. The fourth-order valence-electron chi connectivity index (χ4n) is 2.37. The van der Waals surface area contributed by atoms with Crippen molar-refractivity contribution in [2.24, 2.45) is 0 Å². The average Bonchev–Trinajstić information content (AvgIpc) is 3.17. The zero-order chi connectivity index (χ0) is 16.8. The minimum absolute atomic E-state index is 0.199. The normalized spacial score (nSPS) is 11.9. The van der Waals surface area contributed by atoms with Gasteiger partial charge in [0.2, 0.25) is 0 Å². The van der Waals surface area contributed by atoms with Gasteiger partial charge in [0.25, 0.3) is 5.91 Å². The van der Waals surface area contributed by atoms with Gasteiger partial charge in [-0.2, -0.15) is 0 Å². The molecule has 0 saturated carbocycles. The van der Waals surface area contributed by atoms with Gasteiger partial charge in [0.05, 0.1) is 12.7 Å². The standard InChI is InChI=1S/C18H17N3O2S/c22-16(17-7-4-10-24-17)13-21(12-14-5-2-1-3-6-14)18(23)15-11-19-8-9-20-15/h1-11,16,22H,12-13H2. The van der Waals surface area contributed by atoms with Crippen molar-refractivity contribution in [3.05, 3.63) is 82.6 Å². The fraction of sp³-hybridized carbons (Fsp3) is 0.167. The first kappa shape index (κ1) is 16.3. The number of carbonyl (C=O) groups excluding carboxylic acids is 1. The molecule has 0 aliphatic carbocycles. The van der Waals surface area contributed by atoms with Gasteiger partial charge in [-0.3, -0.25) is 9.78 Å². The van der Waals surface area contributed by atoms with E-state index in [1.807, 2.05) is 47.8 Å². The second-order valence-corrected chi connectivity index (χ2v) is 6.27. The van der Waals surface area contributed by atoms with Crippen molar-refractivity contribution in [2.75, 3.05) is 6.54 Å². The molecular weight excluding hydrogens is 322 g/mol. The Bertz CT molecular complexity index is 763. The molecule has 3 aromatic rings. The molecule has 0 saturated heterocycles. The molecule has 0 fully saturated rings. The Balaban J connectivity index is 1.81. The van der Waals surface area contributed by atoms with E-state index < -0.39 is 6.10 Å². The van der Waals surface area contributed by atoms with E-state index in [4.69, 9.17) is 0 Å². The summed E-state index contributed by atoms with van der Waals surface area (Å²) in [7, 11) is 0. The van der Waals surface area contributed by atoms with Crippen LogP contribution in [0, 0.1) is 0 Å². The van der Waals surface area contributed by atoms with Crippen molar-refractivity contribution in [1.29, 1.82) is 0 Å². The molecule has 0 aliphatic heterocycles. The molecule has 2 heterocycles. The van der Waals surface area contributed by atoms with Crippen molar-refractivity contribution in [1.82, 2.24) is 14.9 Å². The van der Waals surface area contributed by atoms with Gasteiger partial charge in [0, 0.05) is 23.8 Å². The van der Waals surface area contributed by atoms with Crippen LogP contribution in [0.15, 0.2) is 66.4 Å². The number of nitrogens with zero attached hydrogens (tertiary/aromatic N) is 3. The Hall–Kier alpha value is -2.57. The zero-order valence-corrected chi connectivity index (χ0v) is 13.8. The van der Waals surface area contributed by atoms with Crippen molar-refractivity contribution in [3.8, 4) is 0 Å². The SMILES string of the molecule is O=C(c1cnccn1)N(Cc1ccccc1)CC(O)c1cccs1. The van der Waals surface area contributed by atoms with E-state index in [-0.39, 0.29) is 18.1 Å². The Labute approximate surface area is 144 Å². The molecule has 0 spiro atoms. The lowest BCUT2D eigenvalue weighted by Crippen LogP contribution is -2.34. The van der Waals surface area contributed by atoms with Crippen molar-refractivity contribution >= 4 is 17.2 Å². The quantitative estimate of drug-likeness (QED) is 0.750. The van der Waals surface area contributed by atoms with E-state index in [1.54, 1.807) is 4.90 Å². The minimum atomic E-state index is -0.727. The van der Waals surface area contributed by atoms with Crippen LogP contribution in [-0.2, 0) is 6.54 Å². The molecular formula is C18H17N3O2S. The van der Waals surface area contributed by atoms with E-state index in [0.29, 0.717) is 6.54 Å². The summed E-state index contributed by atoms with van der Waals surface area (Å²) in [4.78, 5) is 23.2. The Kier molecular flexibility index (Phi) is 5.30. The summed E-state index contributed by atoms with van der Waals surface area (Å²) < 4.78 is 0. The first-order chi connectivity index (χ1) is 11.7. The Morgan fingerprint density at radius 3 is 2.67 bits per heavy atom. The first-order valence-corrected chi connectivity index (χ1v) is 8.42. The van der Waals surface area contributed by atoms with Crippen molar-refractivity contribution in [3.63, 3.8) is 0 Å². The molecule has 122 valence electrons. The van der Waals surface area contributed by atoms with Crippen LogP contribution in [-0.4, -0.2) is 32.4 Å². The van der Waals surface area contributed by atoms with Crippen LogP contribution in [0.3, 0.4) is 0 Å². The number of rotatable bonds is 6. The third-order valence-electron chi connectivity index (χ3n) is 3.55. The third kappa shape index (κ3) is 4.04. The third-order valence-corrected chi connectivity index (χ3v) is 4.52. The van der Waals surface area contributed by atoms with Crippen molar-refractivity contribution in [2.45, 2.75) is 12.6 Å². The maximum atomic E-state index is 12.8. The molecule has 0 aliphatic rings. The highest BCUT2D eigenvalue weighted by Gasteiger charge is 2.22. The number of benzene rings is 1. The van der Waals surface area contributed by atoms with Gasteiger partial charge in [-0.25, -0.2) is 4.98 Å². The van der Waals surface area contributed by atoms with Crippen molar-refractivity contribution < 1.29 is 9.90 Å². The summed E-state index contributed by atoms with van der Waals surface area (Å²) in [6.45, 7) is 0.601. The predicted octanol–water partition coefficient (Wildman–Crippen LogP) is 2.91. The highest BCUT2D eigenvalue weighted by atomic mass is 32.1. The van der Waals surface area contributed by atoms with Gasteiger partial charge in [0.15, 0.2) is 0 Å². The number of carbonyl (C=O) groups is 1. The maximum Gasteiger partial charge on any atom is 0.274 e. The van der Waals surface area contributed by atoms with Gasteiger partial charge in [-0.15, -0.1) is 11.3 Å². The lowest BCUT2D eigenvalue weighted by molar-refractivity contribution is 0.0603. The highest BCUT2D eigenvalue weighted by molar-refractivity contribution is 7.10. The van der Waals surface area contributed by atoms with Gasteiger partial charge in [-0.1, -0.05) is 36.4 Å². The number of hydrogen-bond donors (Lipinski definition) is 1. The number of aliphatic hydroxyl groups is 1. The maximum absolute atomic E-state index is 12.8. The summed E-state index contributed by atoms with van der Waals surface area (Å²) in [6, 6.07) is 13.4. The minimum Gasteiger partial charge on any atom is -0.386 e. The highest BCUT2D eigenvalue weighted by Crippen LogP contribution is 2.21. The molecule has 1 unspecified atom stereocenters. The summed E-state index contributed by atoms with van der Waals surface area (Å²) >= 11 is 1.47. The van der Waals surface area contributed by atoms with Crippen LogP contribution < -0.4 is 0 Å². The predicted molar refractivity (Wildman–Crippen MR) is 92.5 cm³/mol. The lowest BCUT2D eigenvalue weighted by Gasteiger charge is -2.24. The van der Waals surface area contributed by atoms with E-state index in [2.05, 4.69) is 9.97 Å². The molecule has 24 heavy (non-hydrogen) atoms. The average molecular weight is 339 g/mol. The van der Waals surface area contributed by atoms with Crippen LogP contribution >= 0.6 is 11.3 Å². The summed E-state index contributed by atoms with van der Waals surface area (Å²) in [5, 5.41) is 12.3. The second-order valence-electron chi connectivity index (χ2n) is 5.29. The Morgan fingerprint density at radius 2 is 2.00 bits per heavy atom. The van der Waals surface area contributed by atoms with Crippen LogP contribution in [0.5, 0.6) is 0 Å². The smallest absolute Gasteiger partial charge is 0.274 e. The van der Waals surface area contributed by atoms with E-state index in [9.17, 15) is 9.90 Å². The number of amides is 1. The first-order valence-electron chi connectivity index (χ1n) is 7.54. The molecule has 1 amide bonds. The molecule has 2 aromatic heterocycles. The van der Waals surface area contributed by atoms with E-state index in [0.717, 1.165) is 10.4 Å². The molecule has 3 rings (SSSR count). The number of aromatic nitrogens is 2. The van der Waals surface area contributed by atoms with E-state index in [1.165, 1.54) is 29.9 Å². The summed E-state index contributed by atoms with van der Waals surface area (Å²) in [6.07, 6.45) is 3.73. The van der Waals surface area contributed by atoms with Gasteiger partial charge in [-0.05, 0) is 17.0 Å². The van der Waals surface area contributed by atoms with E-state index >= 15 is 0 Å². The monoisotopic (exact) mass is 339 g/mol. The number of hydrogen-bond acceptors (Lipinski definition) is 5. The lowest BCUT2D eigenvalue weighted by atomic mass is 10.2. The van der Waals surface area contributed by atoms with Gasteiger partial charge in [0.1, 0.15) is 11.8 Å².